The van der Waals surface area contributed by atoms with Crippen molar-refractivity contribution >= 4 is 15.6 Å². The Bertz CT molecular complexity index is 157. The maximum atomic E-state index is 9.32. The molecule has 0 rings (SSSR count). The van der Waals surface area contributed by atoms with E-state index in [9.17, 15) is 28.7 Å². The first-order chi connectivity index (χ1) is 3.71. The topological polar surface area (TPSA) is 136 Å². The predicted molar refractivity (Wildman–Crippen MR) is 16.3 cm³/mol. The standard InChI is InChI=1S/Cu.Na.H4O7P2/c;;1-8(2,3)7-9(4,5)6/h;;(H2,1,2,3)(H2,4,5,6)/q2*+1;/p-4. The van der Waals surface area contributed by atoms with Crippen molar-refractivity contribution < 1.29 is 79.6 Å². The first kappa shape index (κ1) is 18.5. The Kier molecular flexibility index (Phi) is 10.6. The Morgan fingerprint density at radius 1 is 0.909 bits per heavy atom. The molecule has 0 heterocycles. The fraction of sp³-hybridized carbons (Fsp3) is 0. The van der Waals surface area contributed by atoms with Gasteiger partial charge in [-0.25, -0.2) is 0 Å². The van der Waals surface area contributed by atoms with Crippen LogP contribution in [0.15, 0.2) is 0 Å². The molecule has 0 atom stereocenters. The molecule has 0 bridgehead atoms. The van der Waals surface area contributed by atoms with Gasteiger partial charge in [0.25, 0.3) is 0 Å². The van der Waals surface area contributed by atoms with Gasteiger partial charge in [-0.15, -0.1) is 0 Å². The van der Waals surface area contributed by atoms with Crippen LogP contribution in [-0.4, -0.2) is 0 Å². The van der Waals surface area contributed by atoms with Crippen LogP contribution in [0.2, 0.25) is 0 Å². The third-order valence-electron chi connectivity index (χ3n) is 0.200. The summed E-state index contributed by atoms with van der Waals surface area (Å²) in [5.41, 5.74) is 0. The van der Waals surface area contributed by atoms with Crippen LogP contribution in [0.1, 0.15) is 0 Å². The zero-order chi connectivity index (χ0) is 7.71. The van der Waals surface area contributed by atoms with Gasteiger partial charge in [0.05, 0.1) is 15.6 Å². The fourth-order valence-electron chi connectivity index (χ4n) is 0.122. The maximum absolute atomic E-state index is 9.32. The average Bonchev–Trinajstić information content (AvgIpc) is 1.14. The van der Waals surface area contributed by atoms with Gasteiger partial charge >= 0.3 is 46.6 Å². The molecule has 0 N–H and O–H groups in total. The van der Waals surface area contributed by atoms with E-state index in [1.54, 1.807) is 0 Å². The number of phosphoric acid groups is 2. The van der Waals surface area contributed by atoms with Crippen LogP contribution in [-0.2, 0) is 30.5 Å². The van der Waals surface area contributed by atoms with Crippen molar-refractivity contribution in [3.63, 3.8) is 0 Å². The van der Waals surface area contributed by atoms with Crippen LogP contribution < -0.4 is 49.1 Å². The Morgan fingerprint density at radius 2 is 1.09 bits per heavy atom. The van der Waals surface area contributed by atoms with Crippen LogP contribution in [0.5, 0.6) is 0 Å². The summed E-state index contributed by atoms with van der Waals surface area (Å²) in [5, 5.41) is 0. The SMILES string of the molecule is O=P([O-])([O-])OP(=O)([O-])[O-].[Cu+].[Na+]. The van der Waals surface area contributed by atoms with Crippen LogP contribution in [0, 0.1) is 0 Å². The van der Waals surface area contributed by atoms with Crippen LogP contribution in [0.3, 0.4) is 0 Å². The molecular formula is CuNaO7P2-2. The van der Waals surface area contributed by atoms with E-state index in [1.807, 2.05) is 0 Å². The summed E-state index contributed by atoms with van der Waals surface area (Å²) in [5.74, 6) is 0. The number of hydrogen-bond acceptors (Lipinski definition) is 7. The van der Waals surface area contributed by atoms with Gasteiger partial charge in [0.2, 0.25) is 0 Å². The minimum Gasteiger partial charge on any atom is -0.790 e. The van der Waals surface area contributed by atoms with E-state index in [1.165, 1.54) is 0 Å². The molecule has 0 aliphatic carbocycles. The second-order valence-electron chi connectivity index (χ2n) is 0.976. The predicted octanol–water partition coefficient (Wildman–Crippen LogP) is -6.34. The molecule has 0 spiro atoms. The van der Waals surface area contributed by atoms with E-state index < -0.39 is 15.6 Å². The summed E-state index contributed by atoms with van der Waals surface area (Å²) in [6.07, 6.45) is 0. The molecule has 0 aliphatic rings. The number of rotatable bonds is 2. The molecule has 0 fully saturated rings. The summed E-state index contributed by atoms with van der Waals surface area (Å²) in [6, 6.07) is 0. The zero-order valence-electron chi connectivity index (χ0n) is 5.05. The Hall–Kier alpha value is 1.78. The Balaban J connectivity index is -0.000000320. The van der Waals surface area contributed by atoms with Crippen LogP contribution >= 0.6 is 15.6 Å². The Morgan fingerprint density at radius 3 is 1.09 bits per heavy atom. The van der Waals surface area contributed by atoms with Gasteiger partial charge in [0.15, 0.2) is 0 Å². The summed E-state index contributed by atoms with van der Waals surface area (Å²) >= 11 is 0. The molecule has 0 aromatic rings. The van der Waals surface area contributed by atoms with Crippen molar-refractivity contribution in [1.82, 2.24) is 0 Å². The van der Waals surface area contributed by atoms with Crippen molar-refractivity contribution in [1.29, 1.82) is 0 Å². The van der Waals surface area contributed by atoms with Crippen LogP contribution in [0.25, 0.3) is 0 Å². The fourth-order valence-corrected chi connectivity index (χ4v) is 1.10. The minimum absolute atomic E-state index is 0. The van der Waals surface area contributed by atoms with Gasteiger partial charge in [0.1, 0.15) is 0 Å². The van der Waals surface area contributed by atoms with Gasteiger partial charge in [0, 0.05) is 0 Å². The third kappa shape index (κ3) is 18.6. The van der Waals surface area contributed by atoms with Crippen LogP contribution in [0.4, 0.5) is 0 Å². The molecule has 11 heteroatoms. The van der Waals surface area contributed by atoms with E-state index >= 15 is 0 Å². The van der Waals surface area contributed by atoms with E-state index in [4.69, 9.17) is 0 Å². The summed E-state index contributed by atoms with van der Waals surface area (Å²) in [6.45, 7) is 0. The first-order valence-electron chi connectivity index (χ1n) is 1.46. The molecule has 0 unspecified atom stereocenters. The Labute approximate surface area is 94.8 Å². The van der Waals surface area contributed by atoms with Crippen molar-refractivity contribution in [2.45, 2.75) is 0 Å². The van der Waals surface area contributed by atoms with E-state index in [0.29, 0.717) is 0 Å². The zero-order valence-corrected chi connectivity index (χ0v) is 9.78. The first-order valence-corrected chi connectivity index (χ1v) is 4.38. The molecule has 0 aromatic carbocycles. The maximum Gasteiger partial charge on any atom is 1.00 e. The van der Waals surface area contributed by atoms with Crippen molar-refractivity contribution in [2.75, 3.05) is 0 Å². The summed E-state index contributed by atoms with van der Waals surface area (Å²) in [4.78, 5) is 37.3. The smallest absolute Gasteiger partial charge is 0.790 e. The minimum atomic E-state index is -5.68. The molecular weight excluding hydrogens is 260 g/mol. The van der Waals surface area contributed by atoms with Gasteiger partial charge < -0.3 is 33.0 Å². The normalized spacial score (nSPS) is 11.3. The molecule has 0 saturated heterocycles. The second-order valence-corrected chi connectivity index (χ2v) is 3.42. The number of hydrogen-bond donors (Lipinski definition) is 0. The van der Waals surface area contributed by atoms with Crippen molar-refractivity contribution in [3.05, 3.63) is 0 Å². The molecule has 0 saturated carbocycles. The summed E-state index contributed by atoms with van der Waals surface area (Å²) < 4.78 is 21.2. The molecule has 66 valence electrons. The van der Waals surface area contributed by atoms with Gasteiger partial charge in [-0.2, -0.15) is 0 Å². The molecule has 7 nitrogen and oxygen atoms in total. The van der Waals surface area contributed by atoms with E-state index in [-0.39, 0.29) is 46.6 Å². The third-order valence-corrected chi connectivity index (χ3v) is 1.80. The largest absolute Gasteiger partial charge is 1.00 e. The monoisotopic (exact) mass is 260 g/mol. The van der Waals surface area contributed by atoms with E-state index in [2.05, 4.69) is 4.31 Å². The van der Waals surface area contributed by atoms with Gasteiger partial charge in [-0.05, 0) is 0 Å². The van der Waals surface area contributed by atoms with E-state index in [0.717, 1.165) is 0 Å². The second kappa shape index (κ2) is 6.27. The molecule has 0 aromatic heterocycles. The molecule has 0 aliphatic heterocycles. The summed E-state index contributed by atoms with van der Waals surface area (Å²) in [7, 11) is -11.4. The molecule has 0 amide bonds. The average molecular weight is 260 g/mol. The molecule has 11 heavy (non-hydrogen) atoms. The van der Waals surface area contributed by atoms with Crippen molar-refractivity contribution in [3.8, 4) is 0 Å². The van der Waals surface area contributed by atoms with Crippen molar-refractivity contribution in [2.24, 2.45) is 0 Å². The van der Waals surface area contributed by atoms with Gasteiger partial charge in [-0.1, -0.05) is 0 Å². The molecule has 0 radical (unpaired) electrons. The van der Waals surface area contributed by atoms with Gasteiger partial charge in [-0.3, -0.25) is 0 Å². The quantitative estimate of drug-likeness (QED) is 0.356.